The van der Waals surface area contributed by atoms with Gasteiger partial charge in [0.2, 0.25) is 0 Å². The van der Waals surface area contributed by atoms with Gasteiger partial charge in [-0.05, 0) is 47.0 Å². The molecule has 0 radical (unpaired) electrons. The average Bonchev–Trinajstić information content (AvgIpc) is 2.29. The van der Waals surface area contributed by atoms with Gasteiger partial charge in [0.05, 0.1) is 24.4 Å². The molecular weight excluding hydrogens is 246 g/mol. The number of ether oxygens (including phenoxy) is 2. The van der Waals surface area contributed by atoms with Crippen LogP contribution in [0.25, 0.3) is 0 Å². The van der Waals surface area contributed by atoms with Crippen molar-refractivity contribution in [1.29, 1.82) is 0 Å². The molecule has 0 spiro atoms. The van der Waals surface area contributed by atoms with Gasteiger partial charge in [-0.3, -0.25) is 0 Å². The average molecular weight is 273 g/mol. The second-order valence-electron chi connectivity index (χ2n) is 6.31. The molecule has 1 aliphatic rings. The third-order valence-corrected chi connectivity index (χ3v) is 3.55. The molecule has 0 aromatic rings. The molecule has 1 fully saturated rings. The smallest absolute Gasteiger partial charge is 0.407 e. The number of carbonyl (C=O) groups excluding carboxylic acids is 1. The number of hydrogen-bond donors (Lipinski definition) is 2. The van der Waals surface area contributed by atoms with Crippen LogP contribution in [0, 0.1) is 0 Å². The Morgan fingerprint density at radius 1 is 1.53 bits per heavy atom. The van der Waals surface area contributed by atoms with Crippen molar-refractivity contribution in [3.63, 3.8) is 0 Å². The molecule has 19 heavy (non-hydrogen) atoms. The summed E-state index contributed by atoms with van der Waals surface area (Å²) >= 11 is 0. The van der Waals surface area contributed by atoms with E-state index >= 15 is 0 Å². The molecule has 3 atom stereocenters. The number of nitrogens with one attached hydrogen (secondary N) is 1. The zero-order valence-electron chi connectivity index (χ0n) is 12.7. The van der Waals surface area contributed by atoms with Crippen LogP contribution in [0.5, 0.6) is 0 Å². The Bertz CT molecular complexity index is 307. The first-order valence-electron chi connectivity index (χ1n) is 6.99. The summed E-state index contributed by atoms with van der Waals surface area (Å²) in [5.41, 5.74) is -0.952. The number of aliphatic hydroxyl groups is 1. The SMILES string of the molecule is CC[C@@]1(CO)CC[C@@H](NC(=O)OC(C)(C)C)[C@H](C)O1. The minimum Gasteiger partial charge on any atom is -0.444 e. The molecule has 0 unspecified atom stereocenters. The van der Waals surface area contributed by atoms with E-state index in [4.69, 9.17) is 9.47 Å². The Hall–Kier alpha value is -0.810. The number of aliphatic hydroxyl groups excluding tert-OH is 1. The van der Waals surface area contributed by atoms with Gasteiger partial charge in [0.15, 0.2) is 0 Å². The van der Waals surface area contributed by atoms with Gasteiger partial charge >= 0.3 is 6.09 Å². The predicted octanol–water partition coefficient (Wildman–Crippen LogP) is 2.22. The van der Waals surface area contributed by atoms with Crippen LogP contribution >= 0.6 is 0 Å². The van der Waals surface area contributed by atoms with E-state index in [-0.39, 0.29) is 18.8 Å². The molecule has 0 saturated carbocycles. The third-order valence-electron chi connectivity index (χ3n) is 3.55. The topological polar surface area (TPSA) is 67.8 Å². The number of alkyl carbamates (subject to hydrolysis) is 1. The number of rotatable bonds is 3. The lowest BCUT2D eigenvalue weighted by atomic mass is 9.87. The van der Waals surface area contributed by atoms with Crippen molar-refractivity contribution in [1.82, 2.24) is 5.32 Å². The molecule has 1 rings (SSSR count). The van der Waals surface area contributed by atoms with Crippen LogP contribution in [0.2, 0.25) is 0 Å². The normalized spacial score (nSPS) is 31.9. The van der Waals surface area contributed by atoms with Gasteiger partial charge in [-0.25, -0.2) is 4.79 Å². The van der Waals surface area contributed by atoms with Crippen molar-refractivity contribution < 1.29 is 19.4 Å². The summed E-state index contributed by atoms with van der Waals surface area (Å²) in [5, 5.41) is 12.3. The first-order valence-corrected chi connectivity index (χ1v) is 6.99. The van der Waals surface area contributed by atoms with Crippen molar-refractivity contribution in [2.75, 3.05) is 6.61 Å². The highest BCUT2D eigenvalue weighted by Gasteiger charge is 2.39. The minimum atomic E-state index is -0.499. The second-order valence-corrected chi connectivity index (χ2v) is 6.31. The van der Waals surface area contributed by atoms with Crippen LogP contribution in [0.3, 0.4) is 0 Å². The first-order chi connectivity index (χ1) is 8.71. The van der Waals surface area contributed by atoms with Crippen LogP contribution in [-0.4, -0.2) is 41.2 Å². The zero-order valence-corrected chi connectivity index (χ0v) is 12.7. The number of carbonyl (C=O) groups is 1. The van der Waals surface area contributed by atoms with Crippen molar-refractivity contribution >= 4 is 6.09 Å². The number of hydrogen-bond acceptors (Lipinski definition) is 4. The van der Waals surface area contributed by atoms with Crippen molar-refractivity contribution in [3.05, 3.63) is 0 Å². The quantitative estimate of drug-likeness (QED) is 0.827. The second kappa shape index (κ2) is 6.09. The van der Waals surface area contributed by atoms with E-state index < -0.39 is 17.3 Å². The van der Waals surface area contributed by atoms with E-state index in [9.17, 15) is 9.90 Å². The number of amides is 1. The van der Waals surface area contributed by atoms with E-state index in [1.165, 1.54) is 0 Å². The van der Waals surface area contributed by atoms with Gasteiger partial charge in [-0.2, -0.15) is 0 Å². The molecule has 1 saturated heterocycles. The fraction of sp³-hybridized carbons (Fsp3) is 0.929. The fourth-order valence-electron chi connectivity index (χ4n) is 2.33. The van der Waals surface area contributed by atoms with E-state index in [2.05, 4.69) is 5.32 Å². The molecule has 112 valence electrons. The van der Waals surface area contributed by atoms with Crippen molar-refractivity contribution in [2.45, 2.75) is 77.2 Å². The standard InChI is InChI=1S/C14H27NO4/c1-6-14(9-16)8-7-11(10(2)18-14)15-12(17)19-13(3,4)5/h10-11,16H,6-9H2,1-5H3,(H,15,17)/t10-,11+,14-/m0/s1. The highest BCUT2D eigenvalue weighted by Crippen LogP contribution is 2.31. The van der Waals surface area contributed by atoms with Crippen LogP contribution in [0.4, 0.5) is 4.79 Å². The van der Waals surface area contributed by atoms with Gasteiger partial charge in [0.25, 0.3) is 0 Å². The summed E-state index contributed by atoms with van der Waals surface area (Å²) < 4.78 is 11.1. The molecule has 0 bridgehead atoms. The molecule has 1 amide bonds. The molecular formula is C14H27NO4. The maximum atomic E-state index is 11.7. The molecule has 1 aliphatic heterocycles. The molecule has 0 aromatic heterocycles. The van der Waals surface area contributed by atoms with Gasteiger partial charge in [-0.1, -0.05) is 6.92 Å². The Labute approximate surface area is 115 Å². The highest BCUT2D eigenvalue weighted by molar-refractivity contribution is 5.68. The monoisotopic (exact) mass is 273 g/mol. The van der Waals surface area contributed by atoms with Crippen LogP contribution in [-0.2, 0) is 9.47 Å². The molecule has 2 N–H and O–H groups in total. The minimum absolute atomic E-state index is 0.0208. The van der Waals surface area contributed by atoms with Gasteiger partial charge < -0.3 is 19.9 Å². The largest absolute Gasteiger partial charge is 0.444 e. The lowest BCUT2D eigenvalue weighted by molar-refractivity contribution is -0.156. The molecule has 5 heteroatoms. The van der Waals surface area contributed by atoms with Gasteiger partial charge in [0.1, 0.15) is 5.60 Å². The zero-order chi connectivity index (χ0) is 14.7. The van der Waals surface area contributed by atoms with E-state index in [1.807, 2.05) is 34.6 Å². The fourth-order valence-corrected chi connectivity index (χ4v) is 2.33. The highest BCUT2D eigenvalue weighted by atomic mass is 16.6. The van der Waals surface area contributed by atoms with Crippen LogP contribution in [0.1, 0.15) is 53.9 Å². The summed E-state index contributed by atoms with van der Waals surface area (Å²) in [4.78, 5) is 11.7. The lowest BCUT2D eigenvalue weighted by Gasteiger charge is -2.42. The van der Waals surface area contributed by atoms with Crippen molar-refractivity contribution in [2.24, 2.45) is 0 Å². The van der Waals surface area contributed by atoms with Gasteiger partial charge in [0, 0.05) is 0 Å². The van der Waals surface area contributed by atoms with Crippen LogP contribution < -0.4 is 5.32 Å². The maximum Gasteiger partial charge on any atom is 0.407 e. The molecule has 0 aromatic carbocycles. The van der Waals surface area contributed by atoms with E-state index in [0.29, 0.717) is 0 Å². The predicted molar refractivity (Wildman–Crippen MR) is 73.0 cm³/mol. The van der Waals surface area contributed by atoms with Crippen molar-refractivity contribution in [3.8, 4) is 0 Å². The Morgan fingerprint density at radius 3 is 2.58 bits per heavy atom. The third kappa shape index (κ3) is 4.66. The lowest BCUT2D eigenvalue weighted by Crippen LogP contribution is -2.54. The summed E-state index contributed by atoms with van der Waals surface area (Å²) in [5.74, 6) is 0. The first kappa shape index (κ1) is 16.2. The Morgan fingerprint density at radius 2 is 2.16 bits per heavy atom. The summed E-state index contributed by atoms with van der Waals surface area (Å²) in [7, 11) is 0. The van der Waals surface area contributed by atoms with Crippen LogP contribution in [0.15, 0.2) is 0 Å². The van der Waals surface area contributed by atoms with E-state index in [1.54, 1.807) is 0 Å². The summed E-state index contributed by atoms with van der Waals surface area (Å²) in [6, 6.07) is -0.0684. The maximum absolute atomic E-state index is 11.7. The Balaban J connectivity index is 2.52. The molecule has 1 heterocycles. The van der Waals surface area contributed by atoms with E-state index in [0.717, 1.165) is 19.3 Å². The Kier molecular flexibility index (Phi) is 5.21. The van der Waals surface area contributed by atoms with Gasteiger partial charge in [-0.15, -0.1) is 0 Å². The molecule has 5 nitrogen and oxygen atoms in total. The summed E-state index contributed by atoms with van der Waals surface area (Å²) in [6.07, 6.45) is 1.75. The molecule has 0 aliphatic carbocycles. The summed E-state index contributed by atoms with van der Waals surface area (Å²) in [6.45, 7) is 9.45.